The molecule has 0 aliphatic heterocycles. The third-order valence-corrected chi connectivity index (χ3v) is 3.51. The van der Waals surface area contributed by atoms with Crippen molar-refractivity contribution in [1.82, 2.24) is 0 Å². The van der Waals surface area contributed by atoms with E-state index in [0.717, 1.165) is 37.8 Å². The van der Waals surface area contributed by atoms with E-state index < -0.39 is 23.6 Å². The first-order chi connectivity index (χ1) is 9.31. The molecule has 1 nitrogen and oxygen atoms in total. The topological polar surface area (TPSA) is 26.0 Å². The van der Waals surface area contributed by atoms with Gasteiger partial charge in [-0.3, -0.25) is 0 Å². The van der Waals surface area contributed by atoms with Gasteiger partial charge in [0, 0.05) is 6.04 Å². The molecule has 0 aliphatic rings. The number of benzene rings is 1. The molecular weight excluding hydrogens is 270 g/mol. The van der Waals surface area contributed by atoms with Crippen LogP contribution in [0.2, 0.25) is 0 Å². The Morgan fingerprint density at radius 1 is 1.10 bits per heavy atom. The second kappa shape index (κ2) is 7.07. The summed E-state index contributed by atoms with van der Waals surface area (Å²) in [6, 6.07) is 2.57. The van der Waals surface area contributed by atoms with Gasteiger partial charge in [0.25, 0.3) is 0 Å². The molecule has 1 unspecified atom stereocenters. The molecule has 0 bridgehead atoms. The van der Waals surface area contributed by atoms with E-state index in [2.05, 4.69) is 0 Å². The summed E-state index contributed by atoms with van der Waals surface area (Å²) in [6.07, 6.45) is -1.14. The zero-order chi connectivity index (χ0) is 15.3. The van der Waals surface area contributed by atoms with Crippen molar-refractivity contribution in [2.45, 2.75) is 51.7 Å². The van der Waals surface area contributed by atoms with Crippen molar-refractivity contribution in [3.63, 3.8) is 0 Å². The predicted molar refractivity (Wildman–Crippen MR) is 71.6 cm³/mol. The summed E-state index contributed by atoms with van der Waals surface area (Å²) in [4.78, 5) is 0. The second-order valence-electron chi connectivity index (χ2n) is 5.10. The molecule has 0 fully saturated rings. The fraction of sp³-hybridized carbons (Fsp3) is 0.600. The smallest absolute Gasteiger partial charge is 0.324 e. The molecule has 1 aromatic rings. The molecular formula is C15H21F4N. The van der Waals surface area contributed by atoms with Crippen LogP contribution in [0.15, 0.2) is 18.2 Å². The zero-order valence-electron chi connectivity index (χ0n) is 11.8. The Labute approximate surface area is 117 Å². The lowest BCUT2D eigenvalue weighted by Crippen LogP contribution is -2.22. The number of hydrogen-bond donors (Lipinski definition) is 1. The van der Waals surface area contributed by atoms with E-state index >= 15 is 0 Å². The number of hydrogen-bond acceptors (Lipinski definition) is 1. The average molecular weight is 291 g/mol. The van der Waals surface area contributed by atoms with Crippen LogP contribution in [0.25, 0.3) is 0 Å². The summed E-state index contributed by atoms with van der Waals surface area (Å²) in [5.74, 6) is -1.13. The molecule has 1 rings (SSSR count). The standard InChI is InChI=1S/C15H21F4N/c1-3-5-10(6-4-2)14(20)11-7-8-13(16)12(9-11)15(17,18)19/h7-10,14H,3-6,20H2,1-2H3. The monoisotopic (exact) mass is 291 g/mol. The van der Waals surface area contributed by atoms with Crippen molar-refractivity contribution in [3.05, 3.63) is 35.1 Å². The Balaban J connectivity index is 3.06. The van der Waals surface area contributed by atoms with Crippen LogP contribution in [0, 0.1) is 11.7 Å². The molecule has 0 saturated carbocycles. The SMILES string of the molecule is CCCC(CCC)C(N)c1ccc(F)c(C(F)(F)F)c1. The van der Waals surface area contributed by atoms with Gasteiger partial charge < -0.3 is 5.73 Å². The third kappa shape index (κ3) is 4.20. The lowest BCUT2D eigenvalue weighted by Gasteiger charge is -2.24. The first-order valence-corrected chi connectivity index (χ1v) is 6.93. The maximum absolute atomic E-state index is 13.3. The molecule has 1 aromatic carbocycles. The number of nitrogens with two attached hydrogens (primary N) is 1. The molecule has 0 heterocycles. The predicted octanol–water partition coefficient (Wildman–Crippen LogP) is 5.06. The van der Waals surface area contributed by atoms with Crippen molar-refractivity contribution < 1.29 is 17.6 Å². The highest BCUT2D eigenvalue weighted by molar-refractivity contribution is 5.29. The van der Waals surface area contributed by atoms with E-state index in [4.69, 9.17) is 5.73 Å². The van der Waals surface area contributed by atoms with Gasteiger partial charge in [0.2, 0.25) is 0 Å². The molecule has 1 atom stereocenters. The van der Waals surface area contributed by atoms with Crippen LogP contribution in [-0.2, 0) is 6.18 Å². The number of halogens is 4. The van der Waals surface area contributed by atoms with Crippen LogP contribution in [0.3, 0.4) is 0 Å². The Kier molecular flexibility index (Phi) is 5.99. The minimum absolute atomic E-state index is 0.122. The molecule has 0 saturated heterocycles. The molecule has 0 spiro atoms. The summed E-state index contributed by atoms with van der Waals surface area (Å²) >= 11 is 0. The normalized spacial score (nSPS) is 13.8. The second-order valence-corrected chi connectivity index (χ2v) is 5.10. The average Bonchev–Trinajstić information content (AvgIpc) is 2.37. The van der Waals surface area contributed by atoms with Gasteiger partial charge >= 0.3 is 6.18 Å². The molecule has 0 aliphatic carbocycles. The van der Waals surface area contributed by atoms with Gasteiger partial charge in [-0.2, -0.15) is 13.2 Å². The lowest BCUT2D eigenvalue weighted by atomic mass is 9.86. The molecule has 0 amide bonds. The van der Waals surface area contributed by atoms with Crippen molar-refractivity contribution in [2.24, 2.45) is 11.7 Å². The first-order valence-electron chi connectivity index (χ1n) is 6.93. The highest BCUT2D eigenvalue weighted by atomic mass is 19.4. The van der Waals surface area contributed by atoms with Gasteiger partial charge in [0.05, 0.1) is 5.56 Å². The fourth-order valence-corrected chi connectivity index (χ4v) is 2.48. The van der Waals surface area contributed by atoms with Crippen LogP contribution in [0.1, 0.15) is 56.7 Å². The van der Waals surface area contributed by atoms with E-state index in [9.17, 15) is 17.6 Å². The molecule has 2 N–H and O–H groups in total. The lowest BCUT2D eigenvalue weighted by molar-refractivity contribution is -0.140. The van der Waals surface area contributed by atoms with Crippen molar-refractivity contribution >= 4 is 0 Å². The fourth-order valence-electron chi connectivity index (χ4n) is 2.48. The largest absolute Gasteiger partial charge is 0.419 e. The van der Waals surface area contributed by atoms with Gasteiger partial charge in [-0.15, -0.1) is 0 Å². The highest BCUT2D eigenvalue weighted by Crippen LogP contribution is 2.35. The van der Waals surface area contributed by atoms with Gasteiger partial charge in [0.15, 0.2) is 0 Å². The molecule has 0 aromatic heterocycles. The van der Waals surface area contributed by atoms with Gasteiger partial charge in [0.1, 0.15) is 5.82 Å². The summed E-state index contributed by atoms with van der Waals surface area (Å²) in [5, 5.41) is 0. The first kappa shape index (κ1) is 17.0. The van der Waals surface area contributed by atoms with E-state index in [0.29, 0.717) is 5.56 Å². The Morgan fingerprint density at radius 2 is 1.65 bits per heavy atom. The maximum Gasteiger partial charge on any atom is 0.419 e. The minimum atomic E-state index is -4.69. The highest BCUT2D eigenvalue weighted by Gasteiger charge is 2.35. The molecule has 114 valence electrons. The van der Waals surface area contributed by atoms with Crippen LogP contribution >= 0.6 is 0 Å². The quantitative estimate of drug-likeness (QED) is 0.728. The van der Waals surface area contributed by atoms with Crippen LogP contribution in [0.5, 0.6) is 0 Å². The number of alkyl halides is 3. The van der Waals surface area contributed by atoms with Crippen molar-refractivity contribution in [2.75, 3.05) is 0 Å². The van der Waals surface area contributed by atoms with Crippen molar-refractivity contribution in [3.8, 4) is 0 Å². The van der Waals surface area contributed by atoms with E-state index in [1.807, 2.05) is 13.8 Å². The summed E-state index contributed by atoms with van der Waals surface area (Å²) in [6.45, 7) is 4.03. The Morgan fingerprint density at radius 3 is 2.10 bits per heavy atom. The minimum Gasteiger partial charge on any atom is -0.324 e. The van der Waals surface area contributed by atoms with E-state index in [1.165, 1.54) is 6.07 Å². The zero-order valence-corrected chi connectivity index (χ0v) is 11.8. The van der Waals surface area contributed by atoms with E-state index in [1.54, 1.807) is 0 Å². The summed E-state index contributed by atoms with van der Waals surface area (Å²) in [5.41, 5.74) is 5.20. The Bertz CT molecular complexity index is 422. The van der Waals surface area contributed by atoms with Gasteiger partial charge in [-0.25, -0.2) is 4.39 Å². The van der Waals surface area contributed by atoms with Gasteiger partial charge in [-0.1, -0.05) is 32.8 Å². The van der Waals surface area contributed by atoms with Crippen LogP contribution < -0.4 is 5.73 Å². The van der Waals surface area contributed by atoms with Crippen LogP contribution in [-0.4, -0.2) is 0 Å². The molecule has 0 radical (unpaired) electrons. The van der Waals surface area contributed by atoms with Crippen LogP contribution in [0.4, 0.5) is 17.6 Å². The van der Waals surface area contributed by atoms with Crippen molar-refractivity contribution in [1.29, 1.82) is 0 Å². The number of rotatable bonds is 6. The summed E-state index contributed by atoms with van der Waals surface area (Å²) in [7, 11) is 0. The molecule has 5 heteroatoms. The maximum atomic E-state index is 13.3. The third-order valence-electron chi connectivity index (χ3n) is 3.51. The Hall–Kier alpha value is -1.10. The molecule has 20 heavy (non-hydrogen) atoms. The summed E-state index contributed by atoms with van der Waals surface area (Å²) < 4.78 is 51.4. The van der Waals surface area contributed by atoms with Gasteiger partial charge in [-0.05, 0) is 36.5 Å². The van der Waals surface area contributed by atoms with E-state index in [-0.39, 0.29) is 5.92 Å².